The quantitative estimate of drug-likeness (QED) is 0.855. The topological polar surface area (TPSA) is 36.9 Å². The Morgan fingerprint density at radius 3 is 2.53 bits per heavy atom. The summed E-state index contributed by atoms with van der Waals surface area (Å²) in [5, 5.41) is 2.80. The smallest absolute Gasteiger partial charge is 0.277 e. The van der Waals surface area contributed by atoms with Gasteiger partial charge >= 0.3 is 0 Å². The van der Waals surface area contributed by atoms with Crippen LogP contribution >= 0.6 is 11.6 Å². The van der Waals surface area contributed by atoms with E-state index in [2.05, 4.69) is 0 Å². The Morgan fingerprint density at radius 2 is 1.88 bits per heavy atom. The molecule has 0 radical (unpaired) electrons. The first-order chi connectivity index (χ1) is 8.25. The fourth-order valence-corrected chi connectivity index (χ4v) is 2.20. The summed E-state index contributed by atoms with van der Waals surface area (Å²) >= 11 is 5.81. The number of likely N-dealkylation sites (tertiary alicyclic amines) is 1. The Labute approximate surface area is 107 Å². The molecule has 0 aliphatic carbocycles. The molecule has 0 spiro atoms. The Balaban J connectivity index is 1.72. The van der Waals surface area contributed by atoms with Gasteiger partial charge in [0.25, 0.3) is 5.91 Å². The average molecular weight is 254 g/mol. The number of hydrogen-bond donors (Lipinski definition) is 1. The van der Waals surface area contributed by atoms with Gasteiger partial charge in [-0.2, -0.15) is 0 Å². The number of quaternary nitrogens is 1. The molecule has 1 fully saturated rings. The van der Waals surface area contributed by atoms with E-state index in [1.807, 2.05) is 34.5 Å². The predicted molar refractivity (Wildman–Crippen MR) is 67.8 cm³/mol. The molecule has 2 N–H and O–H groups in total. The standard InChI is InChI=1S/C13H17ClN2O/c14-12-5-3-11(4-6-12)9-15-10-13(17)16-7-1-2-8-16/h3-6,15H,1-2,7-10H2/p+1. The summed E-state index contributed by atoms with van der Waals surface area (Å²) in [7, 11) is 0. The maximum atomic E-state index is 11.8. The molecule has 0 bridgehead atoms. The Hall–Kier alpha value is -1.06. The van der Waals surface area contributed by atoms with Gasteiger partial charge in [0.15, 0.2) is 6.54 Å². The molecule has 92 valence electrons. The first-order valence-electron chi connectivity index (χ1n) is 6.09. The second kappa shape index (κ2) is 6.03. The van der Waals surface area contributed by atoms with Crippen LogP contribution in [0, 0.1) is 0 Å². The van der Waals surface area contributed by atoms with Crippen molar-refractivity contribution in [3.05, 3.63) is 34.9 Å². The molecule has 3 nitrogen and oxygen atoms in total. The maximum absolute atomic E-state index is 11.8. The molecule has 17 heavy (non-hydrogen) atoms. The van der Waals surface area contributed by atoms with Crippen molar-refractivity contribution in [2.75, 3.05) is 19.6 Å². The van der Waals surface area contributed by atoms with E-state index in [-0.39, 0.29) is 5.91 Å². The van der Waals surface area contributed by atoms with Crippen LogP contribution in [0.5, 0.6) is 0 Å². The van der Waals surface area contributed by atoms with E-state index in [9.17, 15) is 4.79 Å². The minimum Gasteiger partial charge on any atom is -0.338 e. The Kier molecular flexibility index (Phi) is 4.40. The zero-order valence-electron chi connectivity index (χ0n) is 9.86. The highest BCUT2D eigenvalue weighted by molar-refractivity contribution is 6.30. The molecular formula is C13H18ClN2O+. The summed E-state index contributed by atoms with van der Waals surface area (Å²) in [4.78, 5) is 13.7. The number of amides is 1. The van der Waals surface area contributed by atoms with E-state index in [1.54, 1.807) is 0 Å². The number of nitrogens with two attached hydrogens (primary N) is 1. The molecule has 0 atom stereocenters. The van der Waals surface area contributed by atoms with Gasteiger partial charge < -0.3 is 10.2 Å². The van der Waals surface area contributed by atoms with Crippen molar-refractivity contribution in [3.63, 3.8) is 0 Å². The van der Waals surface area contributed by atoms with E-state index in [4.69, 9.17) is 11.6 Å². The number of rotatable bonds is 4. The van der Waals surface area contributed by atoms with Gasteiger partial charge in [-0.1, -0.05) is 23.7 Å². The lowest BCUT2D eigenvalue weighted by Gasteiger charge is -2.13. The fraction of sp³-hybridized carbons (Fsp3) is 0.462. The average Bonchev–Trinajstić information content (AvgIpc) is 2.85. The molecular weight excluding hydrogens is 236 g/mol. The summed E-state index contributed by atoms with van der Waals surface area (Å²) in [6.07, 6.45) is 2.31. The van der Waals surface area contributed by atoms with Gasteiger partial charge in [-0.15, -0.1) is 0 Å². The molecule has 0 saturated carbocycles. The summed E-state index contributed by atoms with van der Waals surface area (Å²) < 4.78 is 0. The normalized spacial score (nSPS) is 15.2. The number of hydrogen-bond acceptors (Lipinski definition) is 1. The van der Waals surface area contributed by atoms with Crippen LogP contribution in [0.1, 0.15) is 18.4 Å². The second-order valence-corrected chi connectivity index (χ2v) is 4.85. The van der Waals surface area contributed by atoms with Crippen molar-refractivity contribution in [1.29, 1.82) is 0 Å². The molecule has 1 aromatic carbocycles. The first-order valence-corrected chi connectivity index (χ1v) is 6.47. The molecule has 1 aromatic rings. The molecule has 1 amide bonds. The summed E-state index contributed by atoms with van der Waals surface area (Å²) in [5.74, 6) is 0.261. The summed E-state index contributed by atoms with van der Waals surface area (Å²) in [6.45, 7) is 3.25. The largest absolute Gasteiger partial charge is 0.338 e. The van der Waals surface area contributed by atoms with Crippen LogP contribution in [0.25, 0.3) is 0 Å². The number of nitrogens with zero attached hydrogens (tertiary/aromatic N) is 1. The van der Waals surface area contributed by atoms with Crippen LogP contribution < -0.4 is 5.32 Å². The molecule has 1 heterocycles. The number of carbonyl (C=O) groups excluding carboxylic acids is 1. The highest BCUT2D eigenvalue weighted by atomic mass is 35.5. The third kappa shape index (κ3) is 3.72. The summed E-state index contributed by atoms with van der Waals surface area (Å²) in [6, 6.07) is 7.76. The Bertz CT molecular complexity index is 372. The van der Waals surface area contributed by atoms with Crippen molar-refractivity contribution in [2.24, 2.45) is 0 Å². The Morgan fingerprint density at radius 1 is 1.24 bits per heavy atom. The van der Waals surface area contributed by atoms with Gasteiger partial charge in [-0.25, -0.2) is 0 Å². The van der Waals surface area contributed by atoms with E-state index in [1.165, 1.54) is 5.56 Å². The third-order valence-electron chi connectivity index (χ3n) is 3.07. The lowest BCUT2D eigenvalue weighted by atomic mass is 10.2. The van der Waals surface area contributed by atoms with Gasteiger partial charge in [0.1, 0.15) is 6.54 Å². The van der Waals surface area contributed by atoms with Crippen molar-refractivity contribution in [3.8, 4) is 0 Å². The lowest BCUT2D eigenvalue weighted by Crippen LogP contribution is -2.85. The van der Waals surface area contributed by atoms with E-state index in [0.717, 1.165) is 37.5 Å². The van der Waals surface area contributed by atoms with Crippen molar-refractivity contribution >= 4 is 17.5 Å². The van der Waals surface area contributed by atoms with E-state index < -0.39 is 0 Å². The zero-order valence-corrected chi connectivity index (χ0v) is 10.6. The fourth-order valence-electron chi connectivity index (χ4n) is 2.08. The highest BCUT2D eigenvalue weighted by Crippen LogP contribution is 2.08. The van der Waals surface area contributed by atoms with Gasteiger partial charge in [-0.05, 0) is 25.0 Å². The van der Waals surface area contributed by atoms with Crippen LogP contribution in [0.3, 0.4) is 0 Å². The van der Waals surface area contributed by atoms with Gasteiger partial charge in [0.05, 0.1) is 0 Å². The number of halogens is 1. The molecule has 1 saturated heterocycles. The minimum atomic E-state index is 0.261. The van der Waals surface area contributed by atoms with Gasteiger partial charge in [0.2, 0.25) is 0 Å². The number of benzene rings is 1. The molecule has 1 aliphatic rings. The first kappa shape index (κ1) is 12.4. The van der Waals surface area contributed by atoms with Crippen LogP contribution in [0.15, 0.2) is 24.3 Å². The van der Waals surface area contributed by atoms with Crippen molar-refractivity contribution < 1.29 is 10.1 Å². The van der Waals surface area contributed by atoms with Crippen LogP contribution in [-0.2, 0) is 11.3 Å². The third-order valence-corrected chi connectivity index (χ3v) is 3.32. The molecule has 0 unspecified atom stereocenters. The molecule has 1 aliphatic heterocycles. The van der Waals surface area contributed by atoms with E-state index in [0.29, 0.717) is 6.54 Å². The lowest BCUT2D eigenvalue weighted by molar-refractivity contribution is -0.660. The maximum Gasteiger partial charge on any atom is 0.277 e. The SMILES string of the molecule is O=C(C[NH2+]Cc1ccc(Cl)cc1)N1CCCC1. The predicted octanol–water partition coefficient (Wildman–Crippen LogP) is 1.03. The van der Waals surface area contributed by atoms with Gasteiger partial charge in [-0.3, -0.25) is 4.79 Å². The monoisotopic (exact) mass is 253 g/mol. The van der Waals surface area contributed by atoms with Crippen molar-refractivity contribution in [2.45, 2.75) is 19.4 Å². The minimum absolute atomic E-state index is 0.261. The van der Waals surface area contributed by atoms with Gasteiger partial charge in [0, 0.05) is 23.7 Å². The molecule has 2 rings (SSSR count). The molecule has 0 aromatic heterocycles. The van der Waals surface area contributed by atoms with Crippen molar-refractivity contribution in [1.82, 2.24) is 4.90 Å². The highest BCUT2D eigenvalue weighted by Gasteiger charge is 2.18. The van der Waals surface area contributed by atoms with Crippen LogP contribution in [-0.4, -0.2) is 30.4 Å². The van der Waals surface area contributed by atoms with E-state index >= 15 is 0 Å². The van der Waals surface area contributed by atoms with Crippen LogP contribution in [0.4, 0.5) is 0 Å². The zero-order chi connectivity index (χ0) is 12.1. The summed E-state index contributed by atoms with van der Waals surface area (Å²) in [5.41, 5.74) is 1.20. The van der Waals surface area contributed by atoms with Crippen LogP contribution in [0.2, 0.25) is 5.02 Å². The number of carbonyl (C=O) groups is 1. The second-order valence-electron chi connectivity index (χ2n) is 4.41. The molecule has 4 heteroatoms.